The summed E-state index contributed by atoms with van der Waals surface area (Å²) < 4.78 is 5.69. The van der Waals surface area contributed by atoms with Crippen molar-refractivity contribution in [1.82, 2.24) is 0 Å². The number of carbonyl (C=O) groups is 1. The van der Waals surface area contributed by atoms with Crippen LogP contribution in [0.4, 0.5) is 5.69 Å². The van der Waals surface area contributed by atoms with Gasteiger partial charge < -0.3 is 15.8 Å². The van der Waals surface area contributed by atoms with Gasteiger partial charge in [-0.2, -0.15) is 0 Å². The van der Waals surface area contributed by atoms with Gasteiger partial charge in [-0.1, -0.05) is 50.6 Å². The number of anilines is 1. The third-order valence-corrected chi connectivity index (χ3v) is 3.93. The lowest BCUT2D eigenvalue weighted by Crippen LogP contribution is -2.40. The van der Waals surface area contributed by atoms with Crippen LogP contribution in [0.1, 0.15) is 25.8 Å². The van der Waals surface area contributed by atoms with E-state index in [0.29, 0.717) is 6.61 Å². The molecule has 4 nitrogen and oxygen atoms in total. The van der Waals surface area contributed by atoms with Crippen LogP contribution >= 0.6 is 12.4 Å². The van der Waals surface area contributed by atoms with Crippen LogP contribution in [0.15, 0.2) is 54.6 Å². The molecule has 0 aliphatic carbocycles. The van der Waals surface area contributed by atoms with E-state index < -0.39 is 6.04 Å². The molecule has 1 amide bonds. The number of halogens is 1. The number of nitrogens with two attached hydrogens (primary N) is 1. The highest BCUT2D eigenvalue weighted by molar-refractivity contribution is 5.94. The predicted molar refractivity (Wildman–Crippen MR) is 101 cm³/mol. The molecule has 5 heteroatoms. The van der Waals surface area contributed by atoms with E-state index in [-0.39, 0.29) is 24.2 Å². The van der Waals surface area contributed by atoms with Crippen molar-refractivity contribution in [2.45, 2.75) is 32.9 Å². The number of amides is 1. The summed E-state index contributed by atoms with van der Waals surface area (Å²) in [6, 6.07) is 16.8. The van der Waals surface area contributed by atoms with Gasteiger partial charge in [0.05, 0.1) is 6.04 Å². The quantitative estimate of drug-likeness (QED) is 0.794. The summed E-state index contributed by atoms with van der Waals surface area (Å²) in [5.41, 5.74) is 7.72. The molecule has 0 bridgehead atoms. The molecule has 0 aromatic heterocycles. The fourth-order valence-electron chi connectivity index (χ4n) is 2.11. The molecule has 24 heavy (non-hydrogen) atoms. The minimum Gasteiger partial charge on any atom is -0.489 e. The molecule has 0 saturated carbocycles. The van der Waals surface area contributed by atoms with Crippen molar-refractivity contribution >= 4 is 24.0 Å². The SMILES string of the molecule is CCC(C)C(N)C(=O)Nc1ccc(COc2ccccc2)cc1.Cl. The summed E-state index contributed by atoms with van der Waals surface area (Å²) in [5.74, 6) is 0.852. The first-order valence-electron chi connectivity index (χ1n) is 7.93. The zero-order valence-corrected chi connectivity index (χ0v) is 14.9. The molecule has 0 saturated heterocycles. The minimum atomic E-state index is -0.485. The maximum Gasteiger partial charge on any atom is 0.241 e. The van der Waals surface area contributed by atoms with Crippen molar-refractivity contribution < 1.29 is 9.53 Å². The molecule has 130 valence electrons. The summed E-state index contributed by atoms with van der Waals surface area (Å²) in [6.07, 6.45) is 0.879. The first-order chi connectivity index (χ1) is 11.1. The van der Waals surface area contributed by atoms with Gasteiger partial charge in [0.1, 0.15) is 12.4 Å². The molecule has 2 unspecified atom stereocenters. The van der Waals surface area contributed by atoms with Gasteiger partial charge in [-0.25, -0.2) is 0 Å². The maximum atomic E-state index is 12.0. The lowest BCUT2D eigenvalue weighted by atomic mass is 9.99. The van der Waals surface area contributed by atoms with E-state index in [2.05, 4.69) is 5.32 Å². The Kier molecular flexibility index (Phi) is 8.30. The lowest BCUT2D eigenvalue weighted by Gasteiger charge is -2.17. The number of para-hydroxylation sites is 1. The molecule has 0 aliphatic rings. The second-order valence-corrected chi connectivity index (χ2v) is 5.70. The highest BCUT2D eigenvalue weighted by Crippen LogP contribution is 2.15. The molecule has 0 heterocycles. The molecular weight excluding hydrogens is 324 g/mol. The van der Waals surface area contributed by atoms with E-state index >= 15 is 0 Å². The Morgan fingerprint density at radius 1 is 1.12 bits per heavy atom. The van der Waals surface area contributed by atoms with Gasteiger partial charge in [-0.05, 0) is 35.7 Å². The Labute approximate surface area is 149 Å². The number of benzene rings is 2. The van der Waals surface area contributed by atoms with E-state index in [9.17, 15) is 4.79 Å². The Morgan fingerprint density at radius 3 is 2.33 bits per heavy atom. The van der Waals surface area contributed by atoms with Crippen molar-refractivity contribution in [1.29, 1.82) is 0 Å². The van der Waals surface area contributed by atoms with Crippen LogP contribution in [-0.2, 0) is 11.4 Å². The Hall–Kier alpha value is -2.04. The Morgan fingerprint density at radius 2 is 1.75 bits per heavy atom. The van der Waals surface area contributed by atoms with Crippen molar-refractivity contribution in [3.05, 3.63) is 60.2 Å². The molecule has 0 fully saturated rings. The zero-order valence-electron chi connectivity index (χ0n) is 14.1. The standard InChI is InChI=1S/C19H24N2O2.ClH/c1-3-14(2)18(20)19(22)21-16-11-9-15(10-12-16)13-23-17-7-5-4-6-8-17;/h4-12,14,18H,3,13,20H2,1-2H3,(H,21,22);1H. The van der Waals surface area contributed by atoms with Crippen LogP contribution in [0.3, 0.4) is 0 Å². The topological polar surface area (TPSA) is 64.4 Å². The van der Waals surface area contributed by atoms with Crippen LogP contribution < -0.4 is 15.8 Å². The van der Waals surface area contributed by atoms with E-state index in [1.165, 1.54) is 0 Å². The van der Waals surface area contributed by atoms with Crippen LogP contribution in [0.5, 0.6) is 5.75 Å². The molecule has 2 atom stereocenters. The van der Waals surface area contributed by atoms with Crippen LogP contribution in [-0.4, -0.2) is 11.9 Å². The summed E-state index contributed by atoms with van der Waals surface area (Å²) >= 11 is 0. The van der Waals surface area contributed by atoms with Crippen molar-refractivity contribution in [3.8, 4) is 5.75 Å². The molecule has 0 radical (unpaired) electrons. The minimum absolute atomic E-state index is 0. The monoisotopic (exact) mass is 348 g/mol. The summed E-state index contributed by atoms with van der Waals surface area (Å²) in [5, 5.41) is 2.85. The van der Waals surface area contributed by atoms with E-state index in [1.807, 2.05) is 68.4 Å². The second kappa shape index (κ2) is 9.96. The molecular formula is C19H25ClN2O2. The highest BCUT2D eigenvalue weighted by atomic mass is 35.5. The fourth-order valence-corrected chi connectivity index (χ4v) is 2.11. The van der Waals surface area contributed by atoms with Crippen LogP contribution in [0.2, 0.25) is 0 Å². The van der Waals surface area contributed by atoms with E-state index in [4.69, 9.17) is 10.5 Å². The largest absolute Gasteiger partial charge is 0.489 e. The number of carbonyl (C=O) groups excluding carboxylic acids is 1. The highest BCUT2D eigenvalue weighted by Gasteiger charge is 2.19. The maximum absolute atomic E-state index is 12.0. The van der Waals surface area contributed by atoms with Crippen LogP contribution in [0, 0.1) is 5.92 Å². The smallest absolute Gasteiger partial charge is 0.241 e. The van der Waals surface area contributed by atoms with Gasteiger partial charge in [0.25, 0.3) is 0 Å². The van der Waals surface area contributed by atoms with Crippen molar-refractivity contribution in [3.63, 3.8) is 0 Å². The fraction of sp³-hybridized carbons (Fsp3) is 0.316. The van der Waals surface area contributed by atoms with Crippen molar-refractivity contribution in [2.75, 3.05) is 5.32 Å². The van der Waals surface area contributed by atoms with E-state index in [1.54, 1.807) is 0 Å². The molecule has 2 rings (SSSR count). The van der Waals surface area contributed by atoms with Crippen molar-refractivity contribution in [2.24, 2.45) is 11.7 Å². The first-order valence-corrected chi connectivity index (χ1v) is 7.93. The Balaban J connectivity index is 0.00000288. The summed E-state index contributed by atoms with van der Waals surface area (Å²) in [4.78, 5) is 12.0. The Bertz CT molecular complexity index is 617. The number of hydrogen-bond donors (Lipinski definition) is 2. The van der Waals surface area contributed by atoms with Gasteiger partial charge in [0.15, 0.2) is 0 Å². The summed E-state index contributed by atoms with van der Waals surface area (Å²) in [6.45, 7) is 4.50. The normalized spacial score (nSPS) is 12.6. The summed E-state index contributed by atoms with van der Waals surface area (Å²) in [7, 11) is 0. The lowest BCUT2D eigenvalue weighted by molar-refractivity contribution is -0.118. The molecule has 0 spiro atoms. The van der Waals surface area contributed by atoms with Gasteiger partial charge in [0, 0.05) is 5.69 Å². The second-order valence-electron chi connectivity index (χ2n) is 5.70. The van der Waals surface area contributed by atoms with Gasteiger partial charge >= 0.3 is 0 Å². The molecule has 2 aromatic carbocycles. The van der Waals surface area contributed by atoms with Gasteiger partial charge in [-0.15, -0.1) is 12.4 Å². The van der Waals surface area contributed by atoms with E-state index in [0.717, 1.165) is 23.4 Å². The third-order valence-electron chi connectivity index (χ3n) is 3.93. The number of hydrogen-bond acceptors (Lipinski definition) is 3. The first kappa shape index (κ1) is 20.0. The molecule has 2 aromatic rings. The van der Waals surface area contributed by atoms with Gasteiger partial charge in [0.2, 0.25) is 5.91 Å². The number of nitrogens with one attached hydrogen (secondary N) is 1. The number of rotatable bonds is 7. The predicted octanol–water partition coefficient (Wildman–Crippen LogP) is 4.00. The van der Waals surface area contributed by atoms with Crippen LogP contribution in [0.25, 0.3) is 0 Å². The molecule has 3 N–H and O–H groups in total. The van der Waals surface area contributed by atoms with Gasteiger partial charge in [-0.3, -0.25) is 4.79 Å². The zero-order chi connectivity index (χ0) is 16.7. The third kappa shape index (κ3) is 5.87. The average Bonchev–Trinajstić information content (AvgIpc) is 2.60. The average molecular weight is 349 g/mol. The molecule has 0 aliphatic heterocycles. The number of ether oxygens (including phenoxy) is 1.